The zero-order chi connectivity index (χ0) is 20.2. The minimum Gasteiger partial charge on any atom is -1.00 e. The second kappa shape index (κ2) is 9.77. The highest BCUT2D eigenvalue weighted by Crippen LogP contribution is 2.22. The Bertz CT molecular complexity index is 1060. The van der Waals surface area contributed by atoms with Gasteiger partial charge in [0.2, 0.25) is 5.91 Å². The van der Waals surface area contributed by atoms with E-state index in [2.05, 4.69) is 20.5 Å². The molecule has 0 atom stereocenters. The Morgan fingerprint density at radius 1 is 1.10 bits per heavy atom. The van der Waals surface area contributed by atoms with Crippen LogP contribution in [0.5, 0.6) is 0 Å². The minimum absolute atomic E-state index is 0. The number of carbonyl (C=O) groups excluding carboxylic acids is 1. The Kier molecular flexibility index (Phi) is 7.11. The number of piperazine rings is 1. The average Bonchev–Trinajstić information content (AvgIpc) is 3.15. The molecule has 1 amide bonds. The lowest BCUT2D eigenvalue weighted by Gasteiger charge is -2.34. The summed E-state index contributed by atoms with van der Waals surface area (Å²) < 4.78 is 2.08. The summed E-state index contributed by atoms with van der Waals surface area (Å²) in [6.07, 6.45) is 3.65. The van der Waals surface area contributed by atoms with Gasteiger partial charge in [0.1, 0.15) is 0 Å². The normalized spacial score (nSPS) is 14.3. The topological polar surface area (TPSA) is 65.2 Å². The lowest BCUT2D eigenvalue weighted by molar-refractivity contribution is -0.121. The molecule has 6 nitrogen and oxygen atoms in total. The first-order chi connectivity index (χ1) is 14.1. The van der Waals surface area contributed by atoms with E-state index in [9.17, 15) is 4.79 Å². The third-order valence-corrected chi connectivity index (χ3v) is 5.27. The van der Waals surface area contributed by atoms with Crippen LogP contribution in [0.4, 0.5) is 5.69 Å². The highest BCUT2D eigenvalue weighted by Gasteiger charge is 2.25. The molecular weight excluding hydrogens is 421 g/mol. The van der Waals surface area contributed by atoms with Gasteiger partial charge in [0.15, 0.2) is 0 Å². The summed E-state index contributed by atoms with van der Waals surface area (Å²) in [5.74, 6) is 0.0664. The number of halogens is 2. The Morgan fingerprint density at radius 2 is 1.90 bits per heavy atom. The van der Waals surface area contributed by atoms with E-state index in [0.29, 0.717) is 36.8 Å². The molecule has 3 aromatic rings. The number of amides is 1. The van der Waals surface area contributed by atoms with Crippen molar-refractivity contribution in [1.29, 1.82) is 5.26 Å². The molecule has 154 valence electrons. The van der Waals surface area contributed by atoms with Crippen LogP contribution in [0.2, 0.25) is 5.02 Å². The van der Waals surface area contributed by atoms with E-state index < -0.39 is 0 Å². The maximum atomic E-state index is 12.7. The van der Waals surface area contributed by atoms with Gasteiger partial charge in [0, 0.05) is 43.1 Å². The third kappa shape index (κ3) is 5.00. The van der Waals surface area contributed by atoms with E-state index in [0.717, 1.165) is 23.5 Å². The molecule has 2 heterocycles. The molecule has 1 saturated heterocycles. The molecule has 30 heavy (non-hydrogen) atoms. The standard InChI is InChI=1S/C22H20ClN5O.ClH/c23-19-2-1-3-20(10-19)28-9-8-26(15-22(28)29)14-21-12-25-16-27(21)13-18-6-4-17(11-24)5-7-18;/h1-7,10,12,16H,8-9,13-15H2;1H/p-1. The van der Waals surface area contributed by atoms with E-state index in [1.54, 1.807) is 17.3 Å². The van der Waals surface area contributed by atoms with Crippen LogP contribution in [0.25, 0.3) is 0 Å². The first kappa shape index (κ1) is 21.8. The fraction of sp³-hybridized carbons (Fsp3) is 0.227. The van der Waals surface area contributed by atoms with Crippen molar-refractivity contribution in [2.45, 2.75) is 13.1 Å². The number of aromatic nitrogens is 2. The van der Waals surface area contributed by atoms with Crippen molar-refractivity contribution >= 4 is 23.2 Å². The highest BCUT2D eigenvalue weighted by atomic mass is 35.5. The van der Waals surface area contributed by atoms with Crippen LogP contribution >= 0.6 is 11.6 Å². The summed E-state index contributed by atoms with van der Waals surface area (Å²) in [6.45, 7) is 3.10. The number of nitriles is 1. The quantitative estimate of drug-likeness (QED) is 0.572. The fourth-order valence-electron chi connectivity index (χ4n) is 3.51. The molecule has 8 heteroatoms. The van der Waals surface area contributed by atoms with Crippen LogP contribution in [0, 0.1) is 11.3 Å². The number of hydrogen-bond donors (Lipinski definition) is 0. The van der Waals surface area contributed by atoms with Crippen LogP contribution in [0.3, 0.4) is 0 Å². The number of hydrogen-bond acceptors (Lipinski definition) is 4. The molecule has 4 rings (SSSR count). The van der Waals surface area contributed by atoms with Gasteiger partial charge < -0.3 is 21.9 Å². The maximum absolute atomic E-state index is 12.7. The van der Waals surface area contributed by atoms with Crippen LogP contribution in [0.15, 0.2) is 61.1 Å². The van der Waals surface area contributed by atoms with E-state index >= 15 is 0 Å². The van der Waals surface area contributed by atoms with Crippen LogP contribution in [-0.4, -0.2) is 40.0 Å². The van der Waals surface area contributed by atoms with Gasteiger partial charge in [0.25, 0.3) is 0 Å². The summed E-state index contributed by atoms with van der Waals surface area (Å²) >= 11 is 6.06. The van der Waals surface area contributed by atoms with Crippen molar-refractivity contribution in [3.8, 4) is 6.07 Å². The van der Waals surface area contributed by atoms with Gasteiger partial charge in [-0.15, -0.1) is 0 Å². The van der Waals surface area contributed by atoms with Crippen molar-refractivity contribution < 1.29 is 17.2 Å². The van der Waals surface area contributed by atoms with Crippen molar-refractivity contribution in [2.24, 2.45) is 0 Å². The van der Waals surface area contributed by atoms with Crippen LogP contribution in [0.1, 0.15) is 16.8 Å². The molecule has 1 aromatic heterocycles. The lowest BCUT2D eigenvalue weighted by atomic mass is 10.1. The lowest BCUT2D eigenvalue weighted by Crippen LogP contribution is -3.00. The molecule has 0 saturated carbocycles. The summed E-state index contributed by atoms with van der Waals surface area (Å²) in [7, 11) is 0. The number of nitrogens with zero attached hydrogens (tertiary/aromatic N) is 5. The van der Waals surface area contributed by atoms with Gasteiger partial charge >= 0.3 is 0 Å². The van der Waals surface area contributed by atoms with Crippen molar-refractivity contribution in [3.05, 3.63) is 82.9 Å². The van der Waals surface area contributed by atoms with Crippen molar-refractivity contribution in [3.63, 3.8) is 0 Å². The van der Waals surface area contributed by atoms with Crippen molar-refractivity contribution in [1.82, 2.24) is 14.5 Å². The second-order valence-electron chi connectivity index (χ2n) is 7.06. The summed E-state index contributed by atoms with van der Waals surface area (Å²) in [5, 5.41) is 9.56. The smallest absolute Gasteiger partial charge is 0.241 e. The molecule has 0 N–H and O–H groups in total. The number of carbonyl (C=O) groups is 1. The molecule has 0 aliphatic carbocycles. The third-order valence-electron chi connectivity index (χ3n) is 5.04. The SMILES string of the molecule is N#Cc1ccc(Cn2cncc2CN2CCN(c3cccc(Cl)c3)C(=O)C2)cc1.[Cl-]. The first-order valence-electron chi connectivity index (χ1n) is 9.39. The maximum Gasteiger partial charge on any atom is 0.241 e. The van der Waals surface area contributed by atoms with Crippen LogP contribution in [-0.2, 0) is 17.9 Å². The molecule has 1 fully saturated rings. The number of rotatable bonds is 5. The van der Waals surface area contributed by atoms with Gasteiger partial charge in [-0.1, -0.05) is 29.8 Å². The van der Waals surface area contributed by atoms with Crippen molar-refractivity contribution in [2.75, 3.05) is 24.5 Å². The highest BCUT2D eigenvalue weighted by molar-refractivity contribution is 6.30. The fourth-order valence-corrected chi connectivity index (χ4v) is 3.69. The number of benzene rings is 2. The zero-order valence-electron chi connectivity index (χ0n) is 16.2. The average molecular weight is 441 g/mol. The molecular formula is C22H20Cl2N5O-. The van der Waals surface area contributed by atoms with E-state index in [1.807, 2.05) is 48.7 Å². The Labute approximate surface area is 186 Å². The van der Waals surface area contributed by atoms with Gasteiger partial charge in [-0.25, -0.2) is 4.98 Å². The largest absolute Gasteiger partial charge is 1.00 e. The first-order valence-corrected chi connectivity index (χ1v) is 9.76. The van der Waals surface area contributed by atoms with Crippen LogP contribution < -0.4 is 17.3 Å². The predicted molar refractivity (Wildman–Crippen MR) is 112 cm³/mol. The summed E-state index contributed by atoms with van der Waals surface area (Å²) in [5.41, 5.74) is 3.65. The van der Waals surface area contributed by atoms with Gasteiger partial charge in [-0.05, 0) is 35.9 Å². The Hall–Kier alpha value is -2.85. The van der Waals surface area contributed by atoms with E-state index in [-0.39, 0.29) is 18.3 Å². The molecule has 1 aliphatic rings. The number of imidazole rings is 1. The van der Waals surface area contributed by atoms with Gasteiger partial charge in [0.05, 0.1) is 30.2 Å². The molecule has 0 spiro atoms. The predicted octanol–water partition coefficient (Wildman–Crippen LogP) is 0.309. The molecule has 0 radical (unpaired) electrons. The minimum atomic E-state index is 0. The van der Waals surface area contributed by atoms with E-state index in [1.165, 1.54) is 0 Å². The zero-order valence-corrected chi connectivity index (χ0v) is 17.7. The van der Waals surface area contributed by atoms with E-state index in [4.69, 9.17) is 16.9 Å². The molecule has 2 aromatic carbocycles. The molecule has 0 bridgehead atoms. The monoisotopic (exact) mass is 440 g/mol. The Balaban J connectivity index is 0.00000256. The molecule has 0 unspecified atom stereocenters. The van der Waals surface area contributed by atoms with Gasteiger partial charge in [-0.3, -0.25) is 9.69 Å². The Morgan fingerprint density at radius 3 is 2.60 bits per heavy atom. The summed E-state index contributed by atoms with van der Waals surface area (Å²) in [4.78, 5) is 20.9. The second-order valence-corrected chi connectivity index (χ2v) is 7.49. The molecule has 1 aliphatic heterocycles. The van der Waals surface area contributed by atoms with Gasteiger partial charge in [-0.2, -0.15) is 5.26 Å². The number of anilines is 1. The summed E-state index contributed by atoms with van der Waals surface area (Å²) in [6, 6.07) is 17.1.